The molecule has 0 bridgehead atoms. The van der Waals surface area contributed by atoms with Crippen molar-refractivity contribution in [2.75, 3.05) is 0 Å². The SMILES string of the molecule is Oc1ccc2c(c1)nc(C1CCC1)n2C1CC1. The average molecular weight is 228 g/mol. The summed E-state index contributed by atoms with van der Waals surface area (Å²) in [5, 5.41) is 9.55. The van der Waals surface area contributed by atoms with Crippen LogP contribution in [0.25, 0.3) is 11.0 Å². The van der Waals surface area contributed by atoms with Gasteiger partial charge in [0.1, 0.15) is 11.6 Å². The van der Waals surface area contributed by atoms with Gasteiger partial charge in [0.05, 0.1) is 11.0 Å². The van der Waals surface area contributed by atoms with Crippen molar-refractivity contribution in [3.8, 4) is 5.75 Å². The quantitative estimate of drug-likeness (QED) is 0.856. The second-order valence-corrected chi connectivity index (χ2v) is 5.37. The molecule has 1 aromatic heterocycles. The Balaban J connectivity index is 1.94. The molecule has 0 unspecified atom stereocenters. The summed E-state index contributed by atoms with van der Waals surface area (Å²) in [5.74, 6) is 2.24. The third-order valence-corrected chi connectivity index (χ3v) is 4.08. The average Bonchev–Trinajstić information content (AvgIpc) is 2.98. The monoisotopic (exact) mass is 228 g/mol. The number of aromatic nitrogens is 2. The second kappa shape index (κ2) is 3.25. The lowest BCUT2D eigenvalue weighted by Crippen LogP contribution is -2.14. The minimum Gasteiger partial charge on any atom is -0.508 e. The van der Waals surface area contributed by atoms with E-state index in [2.05, 4.69) is 4.57 Å². The van der Waals surface area contributed by atoms with Crippen LogP contribution in [0, 0.1) is 0 Å². The van der Waals surface area contributed by atoms with E-state index < -0.39 is 0 Å². The van der Waals surface area contributed by atoms with Crippen LogP contribution in [0.1, 0.15) is 49.9 Å². The minimum absolute atomic E-state index is 0.318. The standard InChI is InChI=1S/C14H16N2O/c17-11-6-7-13-12(8-11)15-14(9-2-1-3-9)16(13)10-4-5-10/h6-10,17H,1-5H2. The van der Waals surface area contributed by atoms with Gasteiger partial charge in [0, 0.05) is 18.0 Å². The Morgan fingerprint density at radius 3 is 2.65 bits per heavy atom. The number of fused-ring (bicyclic) bond motifs is 1. The van der Waals surface area contributed by atoms with Gasteiger partial charge in [-0.1, -0.05) is 6.42 Å². The Bertz CT molecular complexity index is 579. The molecule has 3 nitrogen and oxygen atoms in total. The highest BCUT2D eigenvalue weighted by atomic mass is 16.3. The third-order valence-electron chi connectivity index (χ3n) is 4.08. The summed E-state index contributed by atoms with van der Waals surface area (Å²) in [6.45, 7) is 0. The Labute approximate surface area is 100 Å². The highest BCUT2D eigenvalue weighted by Crippen LogP contribution is 2.44. The molecule has 4 rings (SSSR count). The fourth-order valence-corrected chi connectivity index (χ4v) is 2.78. The van der Waals surface area contributed by atoms with Gasteiger partial charge in [0.25, 0.3) is 0 Å². The fourth-order valence-electron chi connectivity index (χ4n) is 2.78. The van der Waals surface area contributed by atoms with E-state index >= 15 is 0 Å². The van der Waals surface area contributed by atoms with Crippen LogP contribution in [0.3, 0.4) is 0 Å². The number of phenolic OH excluding ortho intramolecular Hbond substituents is 1. The van der Waals surface area contributed by atoms with Gasteiger partial charge in [-0.15, -0.1) is 0 Å². The first kappa shape index (κ1) is 9.51. The molecule has 2 aliphatic rings. The Morgan fingerprint density at radius 1 is 1.18 bits per heavy atom. The highest BCUT2D eigenvalue weighted by molar-refractivity contribution is 5.78. The van der Waals surface area contributed by atoms with E-state index in [1.807, 2.05) is 6.07 Å². The van der Waals surface area contributed by atoms with Crippen LogP contribution in [0.5, 0.6) is 5.75 Å². The Kier molecular flexibility index (Phi) is 1.82. The Morgan fingerprint density at radius 2 is 2.00 bits per heavy atom. The summed E-state index contributed by atoms with van der Waals surface area (Å²) in [7, 11) is 0. The third kappa shape index (κ3) is 1.38. The smallest absolute Gasteiger partial charge is 0.117 e. The van der Waals surface area contributed by atoms with Crippen molar-refractivity contribution in [1.82, 2.24) is 9.55 Å². The molecule has 2 aromatic rings. The predicted molar refractivity (Wildman–Crippen MR) is 66.3 cm³/mol. The van der Waals surface area contributed by atoms with Crippen molar-refractivity contribution >= 4 is 11.0 Å². The van der Waals surface area contributed by atoms with Gasteiger partial charge in [0.2, 0.25) is 0 Å². The van der Waals surface area contributed by atoms with Gasteiger partial charge in [-0.3, -0.25) is 0 Å². The van der Waals surface area contributed by atoms with E-state index in [1.165, 1.54) is 43.4 Å². The molecule has 2 saturated carbocycles. The summed E-state index contributed by atoms with van der Waals surface area (Å²) in [5.41, 5.74) is 2.16. The molecule has 3 heteroatoms. The number of nitrogens with zero attached hydrogens (tertiary/aromatic N) is 2. The van der Waals surface area contributed by atoms with Gasteiger partial charge >= 0.3 is 0 Å². The molecule has 0 amide bonds. The molecule has 2 fully saturated rings. The number of benzene rings is 1. The molecule has 88 valence electrons. The predicted octanol–water partition coefficient (Wildman–Crippen LogP) is 3.34. The lowest BCUT2D eigenvalue weighted by atomic mass is 9.85. The summed E-state index contributed by atoms with van der Waals surface area (Å²) in [6, 6.07) is 6.24. The minimum atomic E-state index is 0.318. The Hall–Kier alpha value is -1.51. The van der Waals surface area contributed by atoms with Gasteiger partial charge in [-0.05, 0) is 37.8 Å². The van der Waals surface area contributed by atoms with Crippen molar-refractivity contribution in [3.05, 3.63) is 24.0 Å². The maximum atomic E-state index is 9.55. The molecule has 1 heterocycles. The molecule has 0 aliphatic heterocycles. The van der Waals surface area contributed by atoms with E-state index in [1.54, 1.807) is 12.1 Å². The number of aromatic hydroxyl groups is 1. The van der Waals surface area contributed by atoms with Crippen molar-refractivity contribution in [1.29, 1.82) is 0 Å². The normalized spacial score (nSPS) is 20.7. The topological polar surface area (TPSA) is 38.1 Å². The van der Waals surface area contributed by atoms with Gasteiger partial charge < -0.3 is 9.67 Å². The summed E-state index contributed by atoms with van der Waals surface area (Å²) in [6.07, 6.45) is 6.46. The number of hydrogen-bond donors (Lipinski definition) is 1. The lowest BCUT2D eigenvalue weighted by molar-refractivity contribution is 0.389. The largest absolute Gasteiger partial charge is 0.508 e. The molecule has 0 saturated heterocycles. The van der Waals surface area contributed by atoms with Gasteiger partial charge in [0.15, 0.2) is 0 Å². The molecule has 1 aromatic carbocycles. The molecular formula is C14H16N2O. The van der Waals surface area contributed by atoms with Crippen molar-refractivity contribution in [3.63, 3.8) is 0 Å². The van der Waals surface area contributed by atoms with Crippen molar-refractivity contribution in [2.45, 2.75) is 44.1 Å². The molecule has 17 heavy (non-hydrogen) atoms. The number of hydrogen-bond acceptors (Lipinski definition) is 2. The lowest BCUT2D eigenvalue weighted by Gasteiger charge is -2.25. The molecule has 2 aliphatic carbocycles. The van der Waals surface area contributed by atoms with Crippen LogP contribution in [-0.4, -0.2) is 14.7 Å². The zero-order valence-corrected chi connectivity index (χ0v) is 9.76. The fraction of sp³-hybridized carbons (Fsp3) is 0.500. The van der Waals surface area contributed by atoms with Crippen LogP contribution in [-0.2, 0) is 0 Å². The van der Waals surface area contributed by atoms with E-state index in [0.29, 0.717) is 17.7 Å². The number of rotatable bonds is 2. The first-order valence-corrected chi connectivity index (χ1v) is 6.54. The van der Waals surface area contributed by atoms with E-state index in [-0.39, 0.29) is 0 Å². The molecular weight excluding hydrogens is 212 g/mol. The van der Waals surface area contributed by atoms with E-state index in [9.17, 15) is 5.11 Å². The highest BCUT2D eigenvalue weighted by Gasteiger charge is 2.32. The van der Waals surface area contributed by atoms with E-state index in [4.69, 9.17) is 4.98 Å². The first-order chi connectivity index (χ1) is 8.33. The van der Waals surface area contributed by atoms with Crippen LogP contribution in [0.2, 0.25) is 0 Å². The summed E-state index contributed by atoms with van der Waals surface area (Å²) < 4.78 is 2.43. The van der Waals surface area contributed by atoms with Crippen molar-refractivity contribution < 1.29 is 5.11 Å². The zero-order chi connectivity index (χ0) is 11.4. The first-order valence-electron chi connectivity index (χ1n) is 6.54. The van der Waals surface area contributed by atoms with Crippen LogP contribution in [0.4, 0.5) is 0 Å². The van der Waals surface area contributed by atoms with Gasteiger partial charge in [-0.2, -0.15) is 0 Å². The zero-order valence-electron chi connectivity index (χ0n) is 9.76. The van der Waals surface area contributed by atoms with Crippen molar-refractivity contribution in [2.24, 2.45) is 0 Å². The summed E-state index contributed by atoms with van der Waals surface area (Å²) in [4.78, 5) is 4.76. The van der Waals surface area contributed by atoms with E-state index in [0.717, 1.165) is 5.52 Å². The number of imidazole rings is 1. The molecule has 1 N–H and O–H groups in total. The summed E-state index contributed by atoms with van der Waals surface area (Å²) >= 11 is 0. The van der Waals surface area contributed by atoms with Crippen LogP contribution < -0.4 is 0 Å². The van der Waals surface area contributed by atoms with Crippen LogP contribution in [0.15, 0.2) is 18.2 Å². The molecule has 0 radical (unpaired) electrons. The maximum Gasteiger partial charge on any atom is 0.117 e. The molecule has 0 spiro atoms. The van der Waals surface area contributed by atoms with Crippen LogP contribution >= 0.6 is 0 Å². The molecule has 0 atom stereocenters. The number of phenols is 1. The van der Waals surface area contributed by atoms with Gasteiger partial charge in [-0.25, -0.2) is 4.98 Å². The second-order valence-electron chi connectivity index (χ2n) is 5.37. The maximum absolute atomic E-state index is 9.55.